The molecule has 1 aromatic rings. The van der Waals surface area contributed by atoms with Gasteiger partial charge in [0.25, 0.3) is 0 Å². The highest BCUT2D eigenvalue weighted by Gasteiger charge is 2.23. The number of nitrogens with one attached hydrogen (secondary N) is 2. The second-order valence-electron chi connectivity index (χ2n) is 4.20. The van der Waals surface area contributed by atoms with Crippen LogP contribution < -0.4 is 10.6 Å². The van der Waals surface area contributed by atoms with Gasteiger partial charge in [-0.3, -0.25) is 0 Å². The summed E-state index contributed by atoms with van der Waals surface area (Å²) in [5.74, 6) is 0. The summed E-state index contributed by atoms with van der Waals surface area (Å²) in [6, 6.07) is 10.5. The van der Waals surface area contributed by atoms with Gasteiger partial charge in [0.1, 0.15) is 0 Å². The molecule has 1 aliphatic rings. The Kier molecular flexibility index (Phi) is 3.98. The van der Waals surface area contributed by atoms with E-state index >= 15 is 0 Å². The minimum atomic E-state index is 0.0370. The molecule has 0 saturated carbocycles. The first kappa shape index (κ1) is 11.9. The van der Waals surface area contributed by atoms with E-state index in [0.717, 1.165) is 19.6 Å². The van der Waals surface area contributed by atoms with Gasteiger partial charge in [-0.15, -0.1) is 0 Å². The Balaban J connectivity index is 2.00. The van der Waals surface area contributed by atoms with Gasteiger partial charge in [0.05, 0.1) is 6.04 Å². The third kappa shape index (κ3) is 2.97. The van der Waals surface area contributed by atoms with Crippen molar-refractivity contribution in [1.82, 2.24) is 15.5 Å². The average molecular weight is 233 g/mol. The van der Waals surface area contributed by atoms with Crippen LogP contribution in [0.3, 0.4) is 0 Å². The van der Waals surface area contributed by atoms with E-state index < -0.39 is 0 Å². The van der Waals surface area contributed by atoms with Crippen molar-refractivity contribution in [2.75, 3.05) is 26.2 Å². The quantitative estimate of drug-likeness (QED) is 0.810. The highest BCUT2D eigenvalue weighted by molar-refractivity contribution is 5.74. The van der Waals surface area contributed by atoms with Crippen LogP contribution in [0.15, 0.2) is 30.3 Å². The number of urea groups is 1. The molecule has 2 amide bonds. The van der Waals surface area contributed by atoms with Gasteiger partial charge in [0.15, 0.2) is 0 Å². The van der Waals surface area contributed by atoms with Crippen LogP contribution in [0.4, 0.5) is 4.79 Å². The van der Waals surface area contributed by atoms with Crippen molar-refractivity contribution < 1.29 is 4.79 Å². The fourth-order valence-electron chi connectivity index (χ4n) is 2.11. The van der Waals surface area contributed by atoms with Crippen LogP contribution in [0.2, 0.25) is 0 Å². The summed E-state index contributed by atoms with van der Waals surface area (Å²) in [5.41, 5.74) is 1.24. The van der Waals surface area contributed by atoms with E-state index in [1.54, 1.807) is 0 Å². The summed E-state index contributed by atoms with van der Waals surface area (Å²) >= 11 is 0. The monoisotopic (exact) mass is 233 g/mol. The Hall–Kier alpha value is -1.55. The largest absolute Gasteiger partial charge is 0.338 e. The summed E-state index contributed by atoms with van der Waals surface area (Å²) in [6.45, 7) is 4.97. The van der Waals surface area contributed by atoms with Crippen LogP contribution in [0.1, 0.15) is 18.5 Å². The molecule has 2 N–H and O–H groups in total. The van der Waals surface area contributed by atoms with Crippen molar-refractivity contribution in [3.05, 3.63) is 35.9 Å². The first-order valence-corrected chi connectivity index (χ1v) is 6.12. The molecule has 2 rings (SSSR count). The topological polar surface area (TPSA) is 44.4 Å². The van der Waals surface area contributed by atoms with E-state index in [1.165, 1.54) is 5.56 Å². The number of hydrogen-bond acceptors (Lipinski definition) is 2. The molecule has 1 fully saturated rings. The number of carbonyl (C=O) groups is 1. The number of hydrogen-bond donors (Lipinski definition) is 2. The molecule has 0 aliphatic carbocycles. The molecule has 0 unspecified atom stereocenters. The molecule has 1 aromatic carbocycles. The Bertz CT molecular complexity index is 366. The molecule has 4 heteroatoms. The molecular weight excluding hydrogens is 214 g/mol. The number of benzene rings is 1. The smallest absolute Gasteiger partial charge is 0.317 e. The number of piperazine rings is 1. The first-order valence-electron chi connectivity index (χ1n) is 6.12. The second kappa shape index (κ2) is 5.68. The SMILES string of the molecule is CCNC(=O)N1CCN[C@@H](c2ccccc2)C1. The lowest BCUT2D eigenvalue weighted by atomic mass is 10.1. The Morgan fingerprint density at radius 3 is 2.94 bits per heavy atom. The van der Waals surface area contributed by atoms with Crippen LogP contribution in [0.25, 0.3) is 0 Å². The first-order chi connectivity index (χ1) is 8.31. The van der Waals surface area contributed by atoms with Crippen LogP contribution in [0.5, 0.6) is 0 Å². The summed E-state index contributed by atoms with van der Waals surface area (Å²) < 4.78 is 0. The minimum absolute atomic E-state index is 0.0370. The Labute approximate surface area is 102 Å². The van der Waals surface area contributed by atoms with Crippen molar-refractivity contribution in [1.29, 1.82) is 0 Å². The summed E-state index contributed by atoms with van der Waals surface area (Å²) in [6.07, 6.45) is 0. The zero-order valence-corrected chi connectivity index (χ0v) is 10.1. The van der Waals surface area contributed by atoms with Gasteiger partial charge < -0.3 is 15.5 Å². The standard InChI is InChI=1S/C13H19N3O/c1-2-14-13(17)16-9-8-15-12(10-16)11-6-4-3-5-7-11/h3-7,12,15H,2,8-10H2,1H3,(H,14,17)/t12-/m1/s1. The van der Waals surface area contributed by atoms with E-state index in [4.69, 9.17) is 0 Å². The molecule has 4 nitrogen and oxygen atoms in total. The summed E-state index contributed by atoms with van der Waals surface area (Å²) in [5, 5.41) is 6.29. The molecular formula is C13H19N3O. The van der Waals surface area contributed by atoms with Crippen molar-refractivity contribution in [2.24, 2.45) is 0 Å². The zero-order valence-electron chi connectivity index (χ0n) is 10.1. The molecule has 0 spiro atoms. The Morgan fingerprint density at radius 2 is 2.24 bits per heavy atom. The fraction of sp³-hybridized carbons (Fsp3) is 0.462. The van der Waals surface area contributed by atoms with E-state index in [0.29, 0.717) is 6.54 Å². The van der Waals surface area contributed by atoms with E-state index in [1.807, 2.05) is 30.0 Å². The van der Waals surface area contributed by atoms with Gasteiger partial charge in [0, 0.05) is 26.2 Å². The van der Waals surface area contributed by atoms with Crippen molar-refractivity contribution >= 4 is 6.03 Å². The summed E-state index contributed by atoms with van der Waals surface area (Å²) in [7, 11) is 0. The molecule has 1 atom stereocenters. The lowest BCUT2D eigenvalue weighted by molar-refractivity contribution is 0.177. The molecule has 92 valence electrons. The fourth-order valence-corrected chi connectivity index (χ4v) is 2.11. The molecule has 0 radical (unpaired) electrons. The van der Waals surface area contributed by atoms with Crippen molar-refractivity contribution in [3.8, 4) is 0 Å². The molecule has 0 bridgehead atoms. The summed E-state index contributed by atoms with van der Waals surface area (Å²) in [4.78, 5) is 13.6. The van der Waals surface area contributed by atoms with E-state index in [9.17, 15) is 4.79 Å². The van der Waals surface area contributed by atoms with E-state index in [2.05, 4.69) is 22.8 Å². The normalized spacial score (nSPS) is 20.1. The molecule has 1 heterocycles. The second-order valence-corrected chi connectivity index (χ2v) is 4.20. The highest BCUT2D eigenvalue weighted by Crippen LogP contribution is 2.16. The predicted molar refractivity (Wildman–Crippen MR) is 67.8 cm³/mol. The molecule has 1 aliphatic heterocycles. The van der Waals surface area contributed by atoms with Crippen LogP contribution in [-0.2, 0) is 0 Å². The molecule has 0 aromatic heterocycles. The van der Waals surface area contributed by atoms with Crippen molar-refractivity contribution in [2.45, 2.75) is 13.0 Å². The third-order valence-electron chi connectivity index (χ3n) is 2.99. The van der Waals surface area contributed by atoms with Crippen LogP contribution in [0, 0.1) is 0 Å². The average Bonchev–Trinajstić information content (AvgIpc) is 2.40. The van der Waals surface area contributed by atoms with Gasteiger partial charge in [-0.05, 0) is 12.5 Å². The third-order valence-corrected chi connectivity index (χ3v) is 2.99. The van der Waals surface area contributed by atoms with Crippen molar-refractivity contribution in [3.63, 3.8) is 0 Å². The minimum Gasteiger partial charge on any atom is -0.338 e. The van der Waals surface area contributed by atoms with Gasteiger partial charge in [0.2, 0.25) is 0 Å². The highest BCUT2D eigenvalue weighted by atomic mass is 16.2. The number of carbonyl (C=O) groups excluding carboxylic acids is 1. The number of nitrogens with zero attached hydrogens (tertiary/aromatic N) is 1. The van der Waals surface area contributed by atoms with Crippen LogP contribution in [-0.4, -0.2) is 37.1 Å². The number of amides is 2. The lowest BCUT2D eigenvalue weighted by Crippen LogP contribution is -2.51. The maximum atomic E-state index is 11.8. The Morgan fingerprint density at radius 1 is 1.47 bits per heavy atom. The molecule has 1 saturated heterocycles. The van der Waals surface area contributed by atoms with Gasteiger partial charge >= 0.3 is 6.03 Å². The van der Waals surface area contributed by atoms with Gasteiger partial charge in [-0.25, -0.2) is 4.79 Å². The zero-order chi connectivity index (χ0) is 12.1. The lowest BCUT2D eigenvalue weighted by Gasteiger charge is -2.33. The number of rotatable bonds is 2. The van der Waals surface area contributed by atoms with Gasteiger partial charge in [-0.1, -0.05) is 30.3 Å². The molecule has 17 heavy (non-hydrogen) atoms. The maximum Gasteiger partial charge on any atom is 0.317 e. The van der Waals surface area contributed by atoms with Gasteiger partial charge in [-0.2, -0.15) is 0 Å². The maximum absolute atomic E-state index is 11.8. The van der Waals surface area contributed by atoms with E-state index in [-0.39, 0.29) is 12.1 Å². The predicted octanol–water partition coefficient (Wildman–Crippen LogP) is 1.36. The van der Waals surface area contributed by atoms with Crippen LogP contribution >= 0.6 is 0 Å².